The Morgan fingerprint density at radius 2 is 2.16 bits per heavy atom. The average molecular weight is 288 g/mol. The molecule has 1 unspecified atom stereocenters. The highest BCUT2D eigenvalue weighted by Gasteiger charge is 2.21. The van der Waals surface area contributed by atoms with Gasteiger partial charge in [-0.25, -0.2) is 13.1 Å². The summed E-state index contributed by atoms with van der Waals surface area (Å²) < 4.78 is 31.8. The lowest BCUT2D eigenvalue weighted by Crippen LogP contribution is -2.38. The Labute approximate surface area is 113 Å². The van der Waals surface area contributed by atoms with E-state index in [0.717, 1.165) is 5.56 Å². The van der Waals surface area contributed by atoms with E-state index >= 15 is 0 Å². The first-order valence-electron chi connectivity index (χ1n) is 5.89. The number of aliphatic hydroxyl groups is 1. The Kier molecular flexibility index (Phi) is 5.74. The SMILES string of the molecule is COCC(CCO)NS(=O)(=O)c1ccc(C)cc1N. The Bertz CT molecular complexity index is 510. The molecule has 0 radical (unpaired) electrons. The highest BCUT2D eigenvalue weighted by Crippen LogP contribution is 2.19. The fourth-order valence-electron chi connectivity index (χ4n) is 1.73. The van der Waals surface area contributed by atoms with Crippen molar-refractivity contribution in [2.24, 2.45) is 0 Å². The molecule has 0 fully saturated rings. The number of hydrogen-bond donors (Lipinski definition) is 3. The molecule has 0 amide bonds. The van der Waals surface area contributed by atoms with Gasteiger partial charge in [-0.15, -0.1) is 0 Å². The molecule has 108 valence electrons. The van der Waals surface area contributed by atoms with Crippen LogP contribution in [-0.2, 0) is 14.8 Å². The van der Waals surface area contributed by atoms with Crippen molar-refractivity contribution in [1.29, 1.82) is 0 Å². The molecular formula is C12H20N2O4S. The topological polar surface area (TPSA) is 102 Å². The van der Waals surface area contributed by atoms with Gasteiger partial charge in [0.1, 0.15) is 4.90 Å². The molecule has 0 aromatic heterocycles. The number of benzene rings is 1. The van der Waals surface area contributed by atoms with Crippen molar-refractivity contribution in [1.82, 2.24) is 4.72 Å². The molecule has 0 heterocycles. The molecule has 0 spiro atoms. The third-order valence-electron chi connectivity index (χ3n) is 2.62. The van der Waals surface area contributed by atoms with E-state index in [1.165, 1.54) is 13.2 Å². The van der Waals surface area contributed by atoms with Gasteiger partial charge in [0.05, 0.1) is 12.3 Å². The lowest BCUT2D eigenvalue weighted by Gasteiger charge is -2.17. The normalized spacial score (nSPS) is 13.4. The van der Waals surface area contributed by atoms with Crippen LogP contribution in [0.25, 0.3) is 0 Å². The molecule has 1 atom stereocenters. The lowest BCUT2D eigenvalue weighted by molar-refractivity contribution is 0.158. The molecule has 0 aliphatic heterocycles. The maximum Gasteiger partial charge on any atom is 0.242 e. The van der Waals surface area contributed by atoms with Gasteiger partial charge in [0.15, 0.2) is 0 Å². The highest BCUT2D eigenvalue weighted by atomic mass is 32.2. The average Bonchev–Trinajstić information content (AvgIpc) is 2.28. The van der Waals surface area contributed by atoms with Gasteiger partial charge in [-0.2, -0.15) is 0 Å². The third kappa shape index (κ3) is 4.46. The van der Waals surface area contributed by atoms with E-state index < -0.39 is 16.1 Å². The van der Waals surface area contributed by atoms with E-state index in [1.807, 2.05) is 6.92 Å². The van der Waals surface area contributed by atoms with Crippen LogP contribution in [0.4, 0.5) is 5.69 Å². The van der Waals surface area contributed by atoms with Crippen LogP contribution in [0, 0.1) is 6.92 Å². The van der Waals surface area contributed by atoms with Crippen molar-refractivity contribution in [3.8, 4) is 0 Å². The minimum absolute atomic E-state index is 0.0390. The van der Waals surface area contributed by atoms with Gasteiger partial charge in [0, 0.05) is 19.8 Å². The molecule has 4 N–H and O–H groups in total. The summed E-state index contributed by atoms with van der Waals surface area (Å²) in [5.74, 6) is 0. The number of methoxy groups -OCH3 is 1. The number of nitrogens with one attached hydrogen (secondary N) is 1. The Hall–Kier alpha value is -1.15. The van der Waals surface area contributed by atoms with Gasteiger partial charge in [-0.3, -0.25) is 0 Å². The minimum atomic E-state index is -3.72. The third-order valence-corrected chi connectivity index (χ3v) is 4.22. The standard InChI is InChI=1S/C12H20N2O4S/c1-9-3-4-12(11(13)7-9)19(16,17)14-10(5-6-15)8-18-2/h3-4,7,10,14-15H,5-6,8,13H2,1-2H3. The number of hydrogen-bond acceptors (Lipinski definition) is 5. The van der Waals surface area contributed by atoms with E-state index in [4.69, 9.17) is 15.6 Å². The smallest absolute Gasteiger partial charge is 0.242 e. The highest BCUT2D eigenvalue weighted by molar-refractivity contribution is 7.89. The molecule has 1 aromatic carbocycles. The van der Waals surface area contributed by atoms with Crippen LogP contribution in [0.2, 0.25) is 0 Å². The van der Waals surface area contributed by atoms with Crippen LogP contribution >= 0.6 is 0 Å². The quantitative estimate of drug-likeness (QED) is 0.624. The van der Waals surface area contributed by atoms with E-state index in [0.29, 0.717) is 0 Å². The van der Waals surface area contributed by atoms with Crippen molar-refractivity contribution in [3.63, 3.8) is 0 Å². The summed E-state index contributed by atoms with van der Waals surface area (Å²) in [6.45, 7) is 1.89. The Morgan fingerprint density at radius 3 is 2.68 bits per heavy atom. The zero-order valence-electron chi connectivity index (χ0n) is 11.1. The van der Waals surface area contributed by atoms with E-state index in [-0.39, 0.29) is 30.2 Å². The maximum absolute atomic E-state index is 12.2. The number of nitrogens with two attached hydrogens (primary N) is 1. The van der Waals surface area contributed by atoms with Crippen LogP contribution in [0.5, 0.6) is 0 Å². The number of nitrogen functional groups attached to an aromatic ring is 1. The maximum atomic E-state index is 12.2. The van der Waals surface area contributed by atoms with Crippen molar-refractivity contribution in [2.75, 3.05) is 26.1 Å². The van der Waals surface area contributed by atoms with Gasteiger partial charge < -0.3 is 15.6 Å². The number of anilines is 1. The molecule has 1 aromatic rings. The fourth-order valence-corrected chi connectivity index (χ4v) is 3.10. The number of sulfonamides is 1. The van der Waals surface area contributed by atoms with Crippen LogP contribution in [-0.4, -0.2) is 39.9 Å². The molecule has 0 aliphatic rings. The van der Waals surface area contributed by atoms with Gasteiger partial charge in [0.25, 0.3) is 0 Å². The molecule has 6 nitrogen and oxygen atoms in total. The first kappa shape index (κ1) is 15.9. The summed E-state index contributed by atoms with van der Waals surface area (Å²) in [7, 11) is -2.25. The van der Waals surface area contributed by atoms with Crippen molar-refractivity contribution in [3.05, 3.63) is 23.8 Å². The minimum Gasteiger partial charge on any atom is -0.398 e. The second-order valence-electron chi connectivity index (χ2n) is 4.33. The van der Waals surface area contributed by atoms with Gasteiger partial charge >= 0.3 is 0 Å². The van der Waals surface area contributed by atoms with Crippen LogP contribution < -0.4 is 10.5 Å². The first-order valence-corrected chi connectivity index (χ1v) is 7.37. The summed E-state index contributed by atoms with van der Waals surface area (Å²) in [6, 6.07) is 4.27. The fraction of sp³-hybridized carbons (Fsp3) is 0.500. The molecule has 0 saturated heterocycles. The van der Waals surface area contributed by atoms with Gasteiger partial charge in [-0.1, -0.05) is 6.07 Å². The van der Waals surface area contributed by atoms with E-state index in [2.05, 4.69) is 4.72 Å². The zero-order chi connectivity index (χ0) is 14.5. The first-order chi connectivity index (χ1) is 8.90. The summed E-state index contributed by atoms with van der Waals surface area (Å²) >= 11 is 0. The predicted octanol–water partition coefficient (Wildman–Crippen LogP) is 0.253. The van der Waals surface area contributed by atoms with E-state index in [9.17, 15) is 8.42 Å². The molecule has 19 heavy (non-hydrogen) atoms. The number of aliphatic hydroxyl groups excluding tert-OH is 1. The van der Waals surface area contributed by atoms with Crippen molar-refractivity contribution >= 4 is 15.7 Å². The molecule has 0 bridgehead atoms. The summed E-state index contributed by atoms with van der Waals surface area (Å²) in [5, 5.41) is 8.91. The largest absolute Gasteiger partial charge is 0.398 e. The molecule has 0 saturated carbocycles. The van der Waals surface area contributed by atoms with Crippen molar-refractivity contribution in [2.45, 2.75) is 24.3 Å². The summed E-state index contributed by atoms with van der Waals surface area (Å²) in [5.41, 5.74) is 6.82. The van der Waals surface area contributed by atoms with Crippen LogP contribution in [0.1, 0.15) is 12.0 Å². The van der Waals surface area contributed by atoms with Gasteiger partial charge in [0.2, 0.25) is 10.0 Å². The number of aryl methyl sites for hydroxylation is 1. The molecule has 7 heteroatoms. The lowest BCUT2D eigenvalue weighted by atomic mass is 10.2. The van der Waals surface area contributed by atoms with E-state index in [1.54, 1.807) is 12.1 Å². The van der Waals surface area contributed by atoms with Crippen LogP contribution in [0.15, 0.2) is 23.1 Å². The molecular weight excluding hydrogens is 268 g/mol. The number of rotatable bonds is 7. The second-order valence-corrected chi connectivity index (χ2v) is 6.01. The Morgan fingerprint density at radius 1 is 1.47 bits per heavy atom. The van der Waals surface area contributed by atoms with Crippen LogP contribution in [0.3, 0.4) is 0 Å². The molecule has 1 rings (SSSR count). The predicted molar refractivity (Wildman–Crippen MR) is 73.3 cm³/mol. The zero-order valence-corrected chi connectivity index (χ0v) is 11.9. The second kappa shape index (κ2) is 6.85. The summed E-state index contributed by atoms with van der Waals surface area (Å²) in [4.78, 5) is 0.0390. The number of ether oxygens (including phenoxy) is 1. The van der Waals surface area contributed by atoms with Crippen molar-refractivity contribution < 1.29 is 18.3 Å². The summed E-state index contributed by atoms with van der Waals surface area (Å²) in [6.07, 6.45) is 0.277. The molecule has 0 aliphatic carbocycles. The monoisotopic (exact) mass is 288 g/mol. The van der Waals surface area contributed by atoms with Gasteiger partial charge in [-0.05, 0) is 31.0 Å². The Balaban J connectivity index is 2.96.